The fourth-order valence-electron chi connectivity index (χ4n) is 4.55. The van der Waals surface area contributed by atoms with Gasteiger partial charge in [-0.05, 0) is 32.1 Å². The molecule has 1 spiro atoms. The Morgan fingerprint density at radius 1 is 1.17 bits per heavy atom. The molecule has 2 aromatic rings. The zero-order valence-corrected chi connectivity index (χ0v) is 13.2. The van der Waals surface area contributed by atoms with Crippen molar-refractivity contribution < 1.29 is 4.74 Å². The molecule has 3 aliphatic rings. The van der Waals surface area contributed by atoms with Gasteiger partial charge in [-0.25, -0.2) is 9.97 Å². The second-order valence-electron chi connectivity index (χ2n) is 7.09. The van der Waals surface area contributed by atoms with Gasteiger partial charge in [0.05, 0.1) is 23.2 Å². The maximum atomic E-state index is 6.15. The van der Waals surface area contributed by atoms with E-state index in [0.717, 1.165) is 30.1 Å². The van der Waals surface area contributed by atoms with E-state index in [2.05, 4.69) is 22.4 Å². The van der Waals surface area contributed by atoms with E-state index in [1.165, 1.54) is 31.4 Å². The normalized spacial score (nSPS) is 31.7. The van der Waals surface area contributed by atoms with Crippen LogP contribution in [0.4, 0.5) is 5.69 Å². The van der Waals surface area contributed by atoms with Crippen LogP contribution in [-0.4, -0.2) is 28.2 Å². The molecule has 1 N–H and O–H groups in total. The minimum atomic E-state index is 0.113. The summed E-state index contributed by atoms with van der Waals surface area (Å²) >= 11 is 0. The van der Waals surface area contributed by atoms with E-state index in [9.17, 15) is 0 Å². The maximum Gasteiger partial charge on any atom is 0.159 e. The van der Waals surface area contributed by atoms with Crippen molar-refractivity contribution in [2.24, 2.45) is 0 Å². The SMILES string of the molecule is c1ccc(-c2ncc3c(n2)C2CC4(CCCO4)CCC2N3)cc1. The molecule has 3 atom stereocenters. The van der Waals surface area contributed by atoms with Gasteiger partial charge in [0.2, 0.25) is 0 Å². The number of aromatic nitrogens is 2. The Hall–Kier alpha value is -1.94. The van der Waals surface area contributed by atoms with Crippen molar-refractivity contribution in [1.82, 2.24) is 9.97 Å². The van der Waals surface area contributed by atoms with Crippen LogP contribution in [0.25, 0.3) is 11.4 Å². The van der Waals surface area contributed by atoms with Gasteiger partial charge < -0.3 is 10.1 Å². The lowest BCUT2D eigenvalue weighted by Gasteiger charge is -2.39. The number of hydrogen-bond donors (Lipinski definition) is 1. The lowest BCUT2D eigenvalue weighted by Crippen LogP contribution is -2.40. The lowest BCUT2D eigenvalue weighted by molar-refractivity contribution is -0.0318. The van der Waals surface area contributed by atoms with Crippen molar-refractivity contribution in [3.05, 3.63) is 42.2 Å². The van der Waals surface area contributed by atoms with Crippen LogP contribution >= 0.6 is 0 Å². The Balaban J connectivity index is 1.51. The summed E-state index contributed by atoms with van der Waals surface area (Å²) < 4.78 is 6.15. The van der Waals surface area contributed by atoms with Crippen LogP contribution in [0.1, 0.15) is 43.7 Å². The van der Waals surface area contributed by atoms with Crippen LogP contribution in [0, 0.1) is 0 Å². The molecule has 1 aromatic heterocycles. The first-order chi connectivity index (χ1) is 11.3. The summed E-state index contributed by atoms with van der Waals surface area (Å²) in [4.78, 5) is 9.50. The molecule has 0 amide bonds. The van der Waals surface area contributed by atoms with Gasteiger partial charge in [0, 0.05) is 24.1 Å². The first-order valence-electron chi connectivity index (χ1n) is 8.66. The fraction of sp³-hybridized carbons (Fsp3) is 0.474. The van der Waals surface area contributed by atoms with Gasteiger partial charge in [-0.2, -0.15) is 0 Å². The maximum absolute atomic E-state index is 6.15. The summed E-state index contributed by atoms with van der Waals surface area (Å²) in [6, 6.07) is 10.7. The smallest absolute Gasteiger partial charge is 0.159 e. The Morgan fingerprint density at radius 3 is 2.91 bits per heavy atom. The van der Waals surface area contributed by atoms with E-state index in [0.29, 0.717) is 12.0 Å². The molecule has 3 unspecified atom stereocenters. The molecule has 4 heteroatoms. The molecule has 4 nitrogen and oxygen atoms in total. The standard InChI is InChI=1S/C19H21N3O/c1-2-5-13(6-3-1)18-20-12-16-17(22-18)14-11-19(8-4-10-23-19)9-7-15(14)21-16/h1-3,5-6,12,14-15,21H,4,7-11H2. The van der Waals surface area contributed by atoms with E-state index < -0.39 is 0 Å². The summed E-state index contributed by atoms with van der Waals surface area (Å²) in [6.07, 6.45) is 7.82. The number of hydrogen-bond acceptors (Lipinski definition) is 4. The average Bonchev–Trinajstić information content (AvgIpc) is 3.20. The number of rotatable bonds is 1. The molecule has 1 saturated carbocycles. The van der Waals surface area contributed by atoms with Crippen LogP contribution in [-0.2, 0) is 4.74 Å². The molecule has 3 heterocycles. The molecule has 1 saturated heterocycles. The molecular weight excluding hydrogens is 286 g/mol. The largest absolute Gasteiger partial charge is 0.379 e. The van der Waals surface area contributed by atoms with Gasteiger partial charge in [-0.3, -0.25) is 0 Å². The summed E-state index contributed by atoms with van der Waals surface area (Å²) in [5.74, 6) is 1.29. The first kappa shape index (κ1) is 13.5. The van der Waals surface area contributed by atoms with Crippen molar-refractivity contribution in [2.45, 2.75) is 49.7 Å². The van der Waals surface area contributed by atoms with Crippen molar-refractivity contribution in [3.63, 3.8) is 0 Å². The summed E-state index contributed by atoms with van der Waals surface area (Å²) in [5, 5.41) is 3.64. The van der Waals surface area contributed by atoms with E-state index in [1.54, 1.807) is 0 Å². The minimum Gasteiger partial charge on any atom is -0.379 e. The molecule has 23 heavy (non-hydrogen) atoms. The zero-order valence-electron chi connectivity index (χ0n) is 13.2. The molecule has 5 rings (SSSR count). The Morgan fingerprint density at radius 2 is 2.09 bits per heavy atom. The molecular formula is C19H21N3O. The second kappa shape index (κ2) is 5.03. The molecule has 1 aliphatic carbocycles. The summed E-state index contributed by atoms with van der Waals surface area (Å²) in [7, 11) is 0. The van der Waals surface area contributed by atoms with Crippen LogP contribution in [0.15, 0.2) is 36.5 Å². The monoisotopic (exact) mass is 307 g/mol. The van der Waals surface area contributed by atoms with Crippen molar-refractivity contribution in [2.75, 3.05) is 11.9 Å². The fourth-order valence-corrected chi connectivity index (χ4v) is 4.55. The topological polar surface area (TPSA) is 47.0 Å². The highest BCUT2D eigenvalue weighted by Gasteiger charge is 2.47. The van der Waals surface area contributed by atoms with Gasteiger partial charge >= 0.3 is 0 Å². The third kappa shape index (κ3) is 2.16. The van der Waals surface area contributed by atoms with Crippen molar-refractivity contribution in [1.29, 1.82) is 0 Å². The predicted molar refractivity (Wildman–Crippen MR) is 89.4 cm³/mol. The Labute approximate surface area is 136 Å². The van der Waals surface area contributed by atoms with Crippen LogP contribution in [0.2, 0.25) is 0 Å². The number of nitrogens with zero attached hydrogens (tertiary/aromatic N) is 2. The van der Waals surface area contributed by atoms with E-state index in [1.807, 2.05) is 24.4 Å². The average molecular weight is 307 g/mol. The van der Waals surface area contributed by atoms with Gasteiger partial charge in [0.1, 0.15) is 0 Å². The highest BCUT2D eigenvalue weighted by Crippen LogP contribution is 2.50. The zero-order chi connectivity index (χ0) is 15.3. The Kier molecular flexibility index (Phi) is 2.95. The van der Waals surface area contributed by atoms with Crippen molar-refractivity contribution >= 4 is 5.69 Å². The molecule has 0 bridgehead atoms. The summed E-state index contributed by atoms with van der Waals surface area (Å²) in [6.45, 7) is 0.927. The molecule has 2 aliphatic heterocycles. The summed E-state index contributed by atoms with van der Waals surface area (Å²) in [5.41, 5.74) is 3.51. The third-order valence-electron chi connectivity index (χ3n) is 5.72. The highest BCUT2D eigenvalue weighted by atomic mass is 16.5. The third-order valence-corrected chi connectivity index (χ3v) is 5.72. The highest BCUT2D eigenvalue weighted by molar-refractivity contribution is 5.61. The van der Waals surface area contributed by atoms with Gasteiger partial charge in [0.25, 0.3) is 0 Å². The first-order valence-corrected chi connectivity index (χ1v) is 8.66. The quantitative estimate of drug-likeness (QED) is 0.871. The molecule has 2 fully saturated rings. The molecule has 0 radical (unpaired) electrons. The van der Waals surface area contributed by atoms with Crippen LogP contribution < -0.4 is 5.32 Å². The number of ether oxygens (including phenoxy) is 1. The van der Waals surface area contributed by atoms with Gasteiger partial charge in [0.15, 0.2) is 5.82 Å². The lowest BCUT2D eigenvalue weighted by atomic mass is 9.74. The minimum absolute atomic E-state index is 0.113. The predicted octanol–water partition coefficient (Wildman–Crippen LogP) is 3.75. The van der Waals surface area contributed by atoms with E-state index >= 15 is 0 Å². The number of fused-ring (bicyclic) bond motifs is 3. The van der Waals surface area contributed by atoms with E-state index in [-0.39, 0.29) is 5.60 Å². The number of anilines is 1. The Bertz CT molecular complexity index is 725. The molecule has 118 valence electrons. The number of nitrogens with one attached hydrogen (secondary N) is 1. The van der Waals surface area contributed by atoms with Crippen LogP contribution in [0.5, 0.6) is 0 Å². The second-order valence-corrected chi connectivity index (χ2v) is 7.09. The van der Waals surface area contributed by atoms with Gasteiger partial charge in [-0.1, -0.05) is 30.3 Å². The van der Waals surface area contributed by atoms with Crippen LogP contribution in [0.3, 0.4) is 0 Å². The van der Waals surface area contributed by atoms with E-state index in [4.69, 9.17) is 9.72 Å². The number of benzene rings is 1. The van der Waals surface area contributed by atoms with Gasteiger partial charge in [-0.15, -0.1) is 0 Å². The van der Waals surface area contributed by atoms with Crippen molar-refractivity contribution in [3.8, 4) is 11.4 Å². The molecule has 1 aromatic carbocycles.